The van der Waals surface area contributed by atoms with Crippen LogP contribution < -0.4 is 15.5 Å². The van der Waals surface area contributed by atoms with Crippen LogP contribution >= 0.6 is 11.6 Å². The van der Waals surface area contributed by atoms with E-state index in [1.165, 1.54) is 4.90 Å². The van der Waals surface area contributed by atoms with Crippen LogP contribution in [0.3, 0.4) is 0 Å². The van der Waals surface area contributed by atoms with Crippen LogP contribution in [0, 0.1) is 5.92 Å². The fourth-order valence-corrected chi connectivity index (χ4v) is 3.36. The maximum absolute atomic E-state index is 12.5. The lowest BCUT2D eigenvalue weighted by atomic mass is 10.0. The number of carbonyl (C=O) groups excluding carboxylic acids is 1. The molecule has 3 heterocycles. The van der Waals surface area contributed by atoms with Gasteiger partial charge in [0.2, 0.25) is 5.95 Å². The first-order valence-corrected chi connectivity index (χ1v) is 10.0. The maximum atomic E-state index is 12.5. The molecule has 9 heteroatoms. The average Bonchev–Trinajstić information content (AvgIpc) is 3.30. The molecule has 2 aromatic heterocycles. The van der Waals surface area contributed by atoms with Crippen LogP contribution in [0.4, 0.5) is 16.6 Å². The lowest BCUT2D eigenvalue weighted by Gasteiger charge is -2.25. The third-order valence-corrected chi connectivity index (χ3v) is 5.11. The second kappa shape index (κ2) is 8.31. The molecule has 156 valence electrons. The molecule has 1 fully saturated rings. The summed E-state index contributed by atoms with van der Waals surface area (Å²) in [6.45, 7) is 3.82. The number of amides is 2. The van der Waals surface area contributed by atoms with Crippen molar-refractivity contribution in [3.05, 3.63) is 59.8 Å². The summed E-state index contributed by atoms with van der Waals surface area (Å²) in [5.74, 6) is 0.531. The molecule has 4 rings (SSSR count). The van der Waals surface area contributed by atoms with Crippen LogP contribution in [0.15, 0.2) is 49.1 Å². The molecule has 1 unspecified atom stereocenters. The van der Waals surface area contributed by atoms with Crippen molar-refractivity contribution in [2.75, 3.05) is 16.7 Å². The number of nitrogens with zero attached hydrogens (tertiary/aromatic N) is 5. The molecule has 2 atom stereocenters. The van der Waals surface area contributed by atoms with Gasteiger partial charge in [0.15, 0.2) is 0 Å². The molecule has 1 aliphatic heterocycles. The van der Waals surface area contributed by atoms with Gasteiger partial charge in [0, 0.05) is 29.6 Å². The van der Waals surface area contributed by atoms with Gasteiger partial charge in [-0.2, -0.15) is 4.98 Å². The van der Waals surface area contributed by atoms with Crippen molar-refractivity contribution < 1.29 is 7.54 Å². The molecule has 0 bridgehead atoms. The first-order chi connectivity index (χ1) is 15.2. The van der Waals surface area contributed by atoms with E-state index in [9.17, 15) is 4.79 Å². The second-order valence-corrected chi connectivity index (χ2v) is 7.86. The molecule has 0 aliphatic carbocycles. The van der Waals surface area contributed by atoms with Crippen molar-refractivity contribution in [2.45, 2.75) is 32.9 Å². The molecule has 3 aromatic rings. The minimum atomic E-state index is -1.86. The van der Waals surface area contributed by atoms with Crippen molar-refractivity contribution in [2.24, 2.45) is 5.92 Å². The zero-order chi connectivity index (χ0) is 23.0. The number of imidazole rings is 1. The second-order valence-electron chi connectivity index (χ2n) is 7.42. The summed E-state index contributed by atoms with van der Waals surface area (Å²) in [5.41, 5.74) is 1.72. The summed E-state index contributed by atoms with van der Waals surface area (Å²) < 4.78 is 18.2. The predicted octanol–water partition coefficient (Wildman–Crippen LogP) is 4.04. The van der Waals surface area contributed by atoms with Crippen LogP contribution in [-0.2, 0) is 0 Å². The average molecular weight is 428 g/mol. The highest BCUT2D eigenvalue weighted by Gasteiger charge is 2.34. The summed E-state index contributed by atoms with van der Waals surface area (Å²) in [4.78, 5) is 27.0. The summed E-state index contributed by atoms with van der Waals surface area (Å²) in [7, 11) is 0. The van der Waals surface area contributed by atoms with E-state index in [1.807, 2.05) is 55.8 Å². The lowest BCUT2D eigenvalue weighted by molar-refractivity contribution is 0.251. The predicted molar refractivity (Wildman–Crippen MR) is 117 cm³/mol. The van der Waals surface area contributed by atoms with E-state index < -0.39 is 18.6 Å². The third kappa shape index (κ3) is 4.09. The van der Waals surface area contributed by atoms with Gasteiger partial charge >= 0.3 is 6.03 Å². The van der Waals surface area contributed by atoms with Gasteiger partial charge in [-0.05, 0) is 43.2 Å². The molecule has 2 amide bonds. The van der Waals surface area contributed by atoms with Crippen molar-refractivity contribution in [3.8, 4) is 5.69 Å². The molecule has 8 nitrogen and oxygen atoms in total. The summed E-state index contributed by atoms with van der Waals surface area (Å²) in [6.07, 6.45) is 5.17. The number of hydrogen-bond acceptors (Lipinski definition) is 5. The molecule has 30 heavy (non-hydrogen) atoms. The van der Waals surface area contributed by atoms with Crippen LogP contribution in [-0.4, -0.2) is 38.1 Å². The Morgan fingerprint density at radius 2 is 2.00 bits per heavy atom. The van der Waals surface area contributed by atoms with Crippen molar-refractivity contribution in [1.82, 2.24) is 24.8 Å². The third-order valence-electron chi connectivity index (χ3n) is 4.86. The van der Waals surface area contributed by atoms with Gasteiger partial charge in [-0.25, -0.2) is 14.8 Å². The summed E-state index contributed by atoms with van der Waals surface area (Å²) in [6, 6.07) is 7.63. The number of urea groups is 1. The Hall–Kier alpha value is -3.13. The van der Waals surface area contributed by atoms with Gasteiger partial charge in [-0.15, -0.1) is 0 Å². The molecule has 1 aliphatic rings. The molecule has 1 aromatic carbocycles. The van der Waals surface area contributed by atoms with Gasteiger partial charge in [0.25, 0.3) is 0 Å². The van der Waals surface area contributed by atoms with Crippen molar-refractivity contribution >= 4 is 29.4 Å². The quantitative estimate of drug-likeness (QED) is 0.619. The number of benzene rings is 1. The molecule has 2 N–H and O–H groups in total. The topological polar surface area (TPSA) is 88.0 Å². The van der Waals surface area contributed by atoms with Crippen LogP contribution in [0.1, 0.15) is 35.2 Å². The number of nitrogens with one attached hydrogen (secondary N) is 2. The summed E-state index contributed by atoms with van der Waals surface area (Å²) >= 11 is 5.96. The van der Waals surface area contributed by atoms with E-state index in [-0.39, 0.29) is 12.0 Å². The summed E-state index contributed by atoms with van der Waals surface area (Å²) in [5, 5.41) is 6.27. The van der Waals surface area contributed by atoms with Gasteiger partial charge in [0.1, 0.15) is 5.82 Å². The minimum Gasteiger partial charge on any atom is -0.346 e. The normalized spacial score (nSPS) is 20.0. The first-order valence-electron chi connectivity index (χ1n) is 10.7. The van der Waals surface area contributed by atoms with E-state index in [1.54, 1.807) is 18.6 Å². The van der Waals surface area contributed by atoms with Crippen molar-refractivity contribution in [3.63, 3.8) is 0 Å². The fraction of sp³-hybridized carbons (Fsp3) is 0.333. The Labute approximate surface area is 183 Å². The van der Waals surface area contributed by atoms with Gasteiger partial charge in [-0.1, -0.05) is 25.4 Å². The highest BCUT2D eigenvalue weighted by Crippen LogP contribution is 2.24. The molecular weight excluding hydrogens is 402 g/mol. The molecule has 0 saturated carbocycles. The number of rotatable bonds is 6. The van der Waals surface area contributed by atoms with Crippen molar-refractivity contribution in [1.29, 1.82) is 0 Å². The zero-order valence-corrected chi connectivity index (χ0v) is 17.6. The van der Waals surface area contributed by atoms with Gasteiger partial charge in [-0.3, -0.25) is 4.90 Å². The Kier molecular flexibility index (Phi) is 4.91. The molecule has 0 radical (unpaired) electrons. The van der Waals surface area contributed by atoms with E-state index in [0.717, 1.165) is 11.4 Å². The Bertz CT molecular complexity index is 1120. The number of anilines is 2. The van der Waals surface area contributed by atoms with E-state index >= 15 is 0 Å². The minimum absolute atomic E-state index is 0.119. The van der Waals surface area contributed by atoms with Crippen LogP contribution in [0.5, 0.6) is 0 Å². The van der Waals surface area contributed by atoms with Crippen LogP contribution in [0.2, 0.25) is 5.02 Å². The number of carbonyl (C=O) groups is 1. The lowest BCUT2D eigenvalue weighted by Crippen LogP contribution is -2.38. The highest BCUT2D eigenvalue weighted by molar-refractivity contribution is 6.30. The molecular formula is C21H24ClN7O. The van der Waals surface area contributed by atoms with E-state index in [4.69, 9.17) is 14.3 Å². The monoisotopic (exact) mass is 427 g/mol. The van der Waals surface area contributed by atoms with Gasteiger partial charge in [0.05, 0.1) is 26.8 Å². The fourth-order valence-electron chi connectivity index (χ4n) is 3.23. The largest absolute Gasteiger partial charge is 0.346 e. The Balaban J connectivity index is 1.53. The molecule has 1 saturated heterocycles. The maximum Gasteiger partial charge on any atom is 0.323 e. The smallest absolute Gasteiger partial charge is 0.323 e. The van der Waals surface area contributed by atoms with E-state index in [0.29, 0.717) is 16.8 Å². The number of hydrogen-bond donors (Lipinski definition) is 2. The van der Waals surface area contributed by atoms with E-state index in [2.05, 4.69) is 25.6 Å². The Morgan fingerprint density at radius 1 is 1.23 bits per heavy atom. The Morgan fingerprint density at radius 3 is 2.73 bits per heavy atom. The standard InChI is InChI=1S/C21H24ClN7O/c1-13(2)18-10-24-21(30)29(18)19-8-9-23-20(27-19)26-14(3)17-11-28(12-25-17)16-6-4-15(22)5-7-16/h4-9,11-14,18H,10H2,1-3H3,(H,24,30)(H,23,26,27)/t14-,18?/m0/s1/i10D2. The first kappa shape index (κ1) is 17.7. The zero-order valence-electron chi connectivity index (χ0n) is 18.9. The number of halogens is 1. The van der Waals surface area contributed by atoms with Gasteiger partial charge < -0.3 is 15.2 Å². The highest BCUT2D eigenvalue weighted by atomic mass is 35.5. The SMILES string of the molecule is [2H]C1([2H])NC(=O)N(c2ccnc(N[C@@H](C)c3cn(-c4ccc(Cl)cc4)cn3)n2)C1C(C)C. The van der Waals surface area contributed by atoms with Crippen LogP contribution in [0.25, 0.3) is 5.69 Å². The molecule has 0 spiro atoms. The number of aromatic nitrogens is 4.